The number of nitrogens with one attached hydrogen (secondary N) is 2. The lowest BCUT2D eigenvalue weighted by atomic mass is 10.2. The van der Waals surface area contributed by atoms with Crippen molar-refractivity contribution in [3.8, 4) is 6.07 Å². The van der Waals surface area contributed by atoms with Gasteiger partial charge in [-0.25, -0.2) is 8.42 Å². The molecule has 1 saturated heterocycles. The molecule has 1 amide bonds. The summed E-state index contributed by atoms with van der Waals surface area (Å²) in [6.07, 6.45) is 2.81. The van der Waals surface area contributed by atoms with E-state index in [1.165, 1.54) is 4.31 Å². The van der Waals surface area contributed by atoms with E-state index < -0.39 is 16.1 Å². The lowest BCUT2D eigenvalue weighted by Gasteiger charge is -2.26. The molecule has 3 rings (SSSR count). The molecule has 1 heterocycles. The molecule has 1 aliphatic rings. The maximum Gasteiger partial charge on any atom is 0.246 e. The number of hydrogen-bond acceptors (Lipinski definition) is 5. The summed E-state index contributed by atoms with van der Waals surface area (Å²) < 4.78 is 27.2. The van der Waals surface area contributed by atoms with E-state index >= 15 is 0 Å². The minimum atomic E-state index is -3.53. The predicted molar refractivity (Wildman–Crippen MR) is 112 cm³/mol. The smallest absolute Gasteiger partial charge is 0.246 e. The zero-order chi connectivity index (χ0) is 20.9. The van der Waals surface area contributed by atoms with Crippen molar-refractivity contribution in [2.45, 2.75) is 37.1 Å². The number of benzene rings is 2. The summed E-state index contributed by atoms with van der Waals surface area (Å²) in [6.45, 7) is 2.77. The monoisotopic (exact) mass is 412 g/mol. The molecule has 7 nitrogen and oxygen atoms in total. The van der Waals surface area contributed by atoms with Gasteiger partial charge in [-0.15, -0.1) is 0 Å². The van der Waals surface area contributed by atoms with Crippen LogP contribution in [0.5, 0.6) is 0 Å². The third-order valence-electron chi connectivity index (χ3n) is 4.82. The summed E-state index contributed by atoms with van der Waals surface area (Å²) in [6, 6.07) is 14.6. The Morgan fingerprint density at radius 1 is 1.07 bits per heavy atom. The van der Waals surface area contributed by atoms with Crippen LogP contribution in [-0.4, -0.2) is 37.8 Å². The van der Waals surface area contributed by atoms with Crippen LogP contribution in [0.3, 0.4) is 0 Å². The van der Waals surface area contributed by atoms with Crippen molar-refractivity contribution in [3.05, 3.63) is 54.1 Å². The first-order valence-electron chi connectivity index (χ1n) is 9.58. The zero-order valence-electron chi connectivity index (χ0n) is 16.3. The van der Waals surface area contributed by atoms with Gasteiger partial charge in [0, 0.05) is 24.5 Å². The Morgan fingerprint density at radius 3 is 2.48 bits per heavy atom. The normalized spacial score (nSPS) is 15.9. The molecular formula is C21H24N4O3S. The van der Waals surface area contributed by atoms with E-state index in [-0.39, 0.29) is 10.8 Å². The van der Waals surface area contributed by atoms with Gasteiger partial charge in [-0.3, -0.25) is 4.79 Å². The van der Waals surface area contributed by atoms with E-state index in [0.29, 0.717) is 30.0 Å². The molecule has 0 bridgehead atoms. The van der Waals surface area contributed by atoms with Gasteiger partial charge >= 0.3 is 0 Å². The van der Waals surface area contributed by atoms with E-state index in [9.17, 15) is 13.2 Å². The lowest BCUT2D eigenvalue weighted by molar-refractivity contribution is -0.116. The van der Waals surface area contributed by atoms with Gasteiger partial charge in [-0.1, -0.05) is 18.6 Å². The van der Waals surface area contributed by atoms with E-state index in [1.807, 2.05) is 6.07 Å². The van der Waals surface area contributed by atoms with Gasteiger partial charge in [0.05, 0.1) is 16.5 Å². The fourth-order valence-electron chi connectivity index (χ4n) is 3.23. The van der Waals surface area contributed by atoms with Crippen molar-refractivity contribution < 1.29 is 13.2 Å². The van der Waals surface area contributed by atoms with Crippen LogP contribution in [-0.2, 0) is 14.8 Å². The van der Waals surface area contributed by atoms with Crippen molar-refractivity contribution in [2.24, 2.45) is 0 Å². The highest BCUT2D eigenvalue weighted by Crippen LogP contribution is 2.23. The van der Waals surface area contributed by atoms with E-state index in [4.69, 9.17) is 5.26 Å². The van der Waals surface area contributed by atoms with Crippen LogP contribution < -0.4 is 10.6 Å². The summed E-state index contributed by atoms with van der Waals surface area (Å²) in [5.74, 6) is -0.288. The maximum absolute atomic E-state index is 12.9. The Bertz CT molecular complexity index is 1020. The second kappa shape index (κ2) is 9.07. The van der Waals surface area contributed by atoms with Gasteiger partial charge in [0.1, 0.15) is 6.04 Å². The zero-order valence-corrected chi connectivity index (χ0v) is 17.1. The van der Waals surface area contributed by atoms with Crippen molar-refractivity contribution in [2.75, 3.05) is 23.7 Å². The number of hydrogen-bond donors (Lipinski definition) is 2. The van der Waals surface area contributed by atoms with E-state index in [0.717, 1.165) is 19.3 Å². The van der Waals surface area contributed by atoms with Crippen LogP contribution in [0.25, 0.3) is 0 Å². The molecule has 2 N–H and O–H groups in total. The molecule has 1 atom stereocenters. The van der Waals surface area contributed by atoms with Crippen LogP contribution in [0.4, 0.5) is 11.4 Å². The third kappa shape index (κ3) is 5.13. The predicted octanol–water partition coefficient (Wildman–Crippen LogP) is 3.17. The highest BCUT2D eigenvalue weighted by Gasteiger charge is 2.26. The Hall–Kier alpha value is -2.89. The summed E-state index contributed by atoms with van der Waals surface area (Å²) in [4.78, 5) is 12.7. The molecule has 152 valence electrons. The first kappa shape index (κ1) is 20.8. The van der Waals surface area contributed by atoms with Gasteiger partial charge in [-0.05, 0) is 56.2 Å². The summed E-state index contributed by atoms with van der Waals surface area (Å²) in [5, 5.41) is 14.8. The molecule has 2 aromatic carbocycles. The maximum atomic E-state index is 12.9. The highest BCUT2D eigenvalue weighted by atomic mass is 32.2. The Morgan fingerprint density at radius 2 is 1.76 bits per heavy atom. The topological polar surface area (TPSA) is 102 Å². The molecule has 0 aromatic heterocycles. The number of carbonyl (C=O) groups is 1. The largest absolute Gasteiger partial charge is 0.374 e. The number of nitriles is 1. The second-order valence-corrected chi connectivity index (χ2v) is 8.98. The van der Waals surface area contributed by atoms with Crippen molar-refractivity contribution in [1.82, 2.24) is 4.31 Å². The van der Waals surface area contributed by atoms with E-state index in [1.54, 1.807) is 55.5 Å². The van der Waals surface area contributed by atoms with Gasteiger partial charge < -0.3 is 10.6 Å². The first-order chi connectivity index (χ1) is 13.9. The van der Waals surface area contributed by atoms with Gasteiger partial charge in [0.15, 0.2) is 0 Å². The Labute approximate surface area is 171 Å². The van der Waals surface area contributed by atoms with Crippen LogP contribution in [0, 0.1) is 11.3 Å². The summed E-state index contributed by atoms with van der Waals surface area (Å²) >= 11 is 0. The van der Waals surface area contributed by atoms with Crippen LogP contribution in [0.1, 0.15) is 31.7 Å². The first-order valence-corrected chi connectivity index (χ1v) is 11.0. The Kier molecular flexibility index (Phi) is 6.52. The lowest BCUT2D eigenvalue weighted by Crippen LogP contribution is -2.35. The average molecular weight is 413 g/mol. The number of nitrogens with zero attached hydrogens (tertiary/aromatic N) is 2. The van der Waals surface area contributed by atoms with Crippen LogP contribution >= 0.6 is 0 Å². The van der Waals surface area contributed by atoms with Gasteiger partial charge in [-0.2, -0.15) is 9.57 Å². The molecule has 2 aromatic rings. The van der Waals surface area contributed by atoms with Crippen molar-refractivity contribution in [3.63, 3.8) is 0 Å². The molecule has 1 fully saturated rings. The quantitative estimate of drug-likeness (QED) is 0.759. The Balaban J connectivity index is 1.69. The fraction of sp³-hybridized carbons (Fsp3) is 0.333. The SMILES string of the molecule is CC(Nc1cccc(S(=O)(=O)N2CCCCC2)c1)C(=O)Nc1cccc(C#N)c1. The molecular weight excluding hydrogens is 388 g/mol. The standard InChI is InChI=1S/C21H24N4O3S/c1-16(21(26)24-18-8-5-7-17(13-18)15-22)23-19-9-6-10-20(14-19)29(27,28)25-11-3-2-4-12-25/h5-10,13-14,16,23H,2-4,11-12H2,1H3,(H,24,26). The molecule has 8 heteroatoms. The van der Waals surface area contributed by atoms with Gasteiger partial charge in [0.2, 0.25) is 15.9 Å². The minimum absolute atomic E-state index is 0.221. The number of sulfonamides is 1. The molecule has 0 spiro atoms. The number of piperidine rings is 1. The fourth-order valence-corrected chi connectivity index (χ4v) is 4.80. The molecule has 0 radical (unpaired) electrons. The minimum Gasteiger partial charge on any atom is -0.374 e. The second-order valence-electron chi connectivity index (χ2n) is 7.04. The van der Waals surface area contributed by atoms with Gasteiger partial charge in [0.25, 0.3) is 0 Å². The number of carbonyl (C=O) groups excluding carboxylic acids is 1. The number of amides is 1. The number of rotatable bonds is 6. The molecule has 0 aliphatic carbocycles. The summed E-state index contributed by atoms with van der Waals surface area (Å²) in [5.41, 5.74) is 1.54. The van der Waals surface area contributed by atoms with Crippen molar-refractivity contribution in [1.29, 1.82) is 5.26 Å². The van der Waals surface area contributed by atoms with E-state index in [2.05, 4.69) is 10.6 Å². The molecule has 1 unspecified atom stereocenters. The summed E-state index contributed by atoms with van der Waals surface area (Å²) in [7, 11) is -3.53. The molecule has 0 saturated carbocycles. The molecule has 29 heavy (non-hydrogen) atoms. The third-order valence-corrected chi connectivity index (χ3v) is 6.72. The highest BCUT2D eigenvalue weighted by molar-refractivity contribution is 7.89. The number of anilines is 2. The van der Waals surface area contributed by atoms with Crippen LogP contribution in [0.2, 0.25) is 0 Å². The van der Waals surface area contributed by atoms with Crippen molar-refractivity contribution >= 4 is 27.3 Å². The molecule has 1 aliphatic heterocycles. The van der Waals surface area contributed by atoms with Crippen LogP contribution in [0.15, 0.2) is 53.4 Å². The average Bonchev–Trinajstić information content (AvgIpc) is 2.74.